The van der Waals surface area contributed by atoms with E-state index in [1.165, 1.54) is 5.56 Å². The minimum atomic E-state index is 0.299. The van der Waals surface area contributed by atoms with Crippen LogP contribution in [-0.4, -0.2) is 26.9 Å². The third-order valence-corrected chi connectivity index (χ3v) is 2.76. The van der Waals surface area contributed by atoms with Crippen LogP contribution in [0.15, 0.2) is 18.2 Å². The van der Waals surface area contributed by atoms with Gasteiger partial charge in [-0.15, -0.1) is 0 Å². The van der Waals surface area contributed by atoms with E-state index in [2.05, 4.69) is 23.5 Å². The van der Waals surface area contributed by atoms with Gasteiger partial charge in [0, 0.05) is 6.54 Å². The fourth-order valence-electron chi connectivity index (χ4n) is 1.83. The summed E-state index contributed by atoms with van der Waals surface area (Å²) < 4.78 is 10.7. The summed E-state index contributed by atoms with van der Waals surface area (Å²) in [6, 6.07) is 6.60. The van der Waals surface area contributed by atoms with Crippen molar-refractivity contribution in [2.75, 3.05) is 26.9 Å². The summed E-state index contributed by atoms with van der Waals surface area (Å²) in [6.07, 6.45) is 0. The highest BCUT2D eigenvalue weighted by molar-refractivity contribution is 5.37. The molecule has 3 nitrogen and oxygen atoms in total. The van der Waals surface area contributed by atoms with E-state index in [9.17, 15) is 0 Å². The number of hydrogen-bond donors (Lipinski definition) is 1. The van der Waals surface area contributed by atoms with Crippen molar-refractivity contribution in [1.29, 1.82) is 0 Å². The second-order valence-electron chi connectivity index (χ2n) is 3.81. The smallest absolute Gasteiger partial charge is 0.122 e. The second kappa shape index (κ2) is 4.64. The number of benzene rings is 1. The monoisotopic (exact) mass is 207 g/mol. The molecule has 1 aromatic rings. The molecule has 3 heteroatoms. The Kier molecular flexibility index (Phi) is 3.23. The van der Waals surface area contributed by atoms with E-state index in [1.54, 1.807) is 7.11 Å². The average molecular weight is 207 g/mol. The van der Waals surface area contributed by atoms with Gasteiger partial charge in [0.2, 0.25) is 0 Å². The van der Waals surface area contributed by atoms with Crippen LogP contribution in [0.25, 0.3) is 0 Å². The van der Waals surface area contributed by atoms with Crippen LogP contribution in [0.3, 0.4) is 0 Å². The van der Waals surface area contributed by atoms with Gasteiger partial charge in [0.15, 0.2) is 0 Å². The first-order valence-corrected chi connectivity index (χ1v) is 5.27. The Morgan fingerprint density at radius 2 is 2.33 bits per heavy atom. The van der Waals surface area contributed by atoms with Gasteiger partial charge in [-0.05, 0) is 24.1 Å². The molecule has 0 bridgehead atoms. The summed E-state index contributed by atoms with van der Waals surface area (Å²) in [4.78, 5) is 0. The molecule has 1 N–H and O–H groups in total. The van der Waals surface area contributed by atoms with Gasteiger partial charge < -0.3 is 14.8 Å². The van der Waals surface area contributed by atoms with Crippen LogP contribution < -0.4 is 10.1 Å². The van der Waals surface area contributed by atoms with E-state index < -0.39 is 0 Å². The van der Waals surface area contributed by atoms with Gasteiger partial charge in [-0.2, -0.15) is 0 Å². The van der Waals surface area contributed by atoms with Crippen LogP contribution >= 0.6 is 0 Å². The highest BCUT2D eigenvalue weighted by Gasteiger charge is 2.15. The van der Waals surface area contributed by atoms with Crippen LogP contribution in [0.4, 0.5) is 0 Å². The minimum Gasteiger partial charge on any atom is -0.496 e. The summed E-state index contributed by atoms with van der Waals surface area (Å²) in [5, 5.41) is 3.43. The maximum absolute atomic E-state index is 5.44. The largest absolute Gasteiger partial charge is 0.496 e. The fraction of sp³-hybridized carbons (Fsp3) is 0.500. The van der Waals surface area contributed by atoms with Crippen molar-refractivity contribution < 1.29 is 9.47 Å². The molecular weight excluding hydrogens is 190 g/mol. The van der Waals surface area contributed by atoms with Crippen molar-refractivity contribution in [3.05, 3.63) is 29.3 Å². The van der Waals surface area contributed by atoms with Gasteiger partial charge in [0.05, 0.1) is 26.4 Å². The Labute approximate surface area is 90.4 Å². The molecule has 1 aliphatic heterocycles. The van der Waals surface area contributed by atoms with Crippen molar-refractivity contribution in [2.24, 2.45) is 0 Å². The summed E-state index contributed by atoms with van der Waals surface area (Å²) in [5.41, 5.74) is 2.40. The van der Waals surface area contributed by atoms with Crippen molar-refractivity contribution in [2.45, 2.75) is 13.0 Å². The zero-order valence-electron chi connectivity index (χ0n) is 9.25. The van der Waals surface area contributed by atoms with Crippen molar-refractivity contribution in [3.8, 4) is 5.75 Å². The number of methoxy groups -OCH3 is 1. The molecule has 0 aromatic heterocycles. The van der Waals surface area contributed by atoms with Crippen LogP contribution in [0.2, 0.25) is 0 Å². The van der Waals surface area contributed by atoms with Crippen LogP contribution in [0.1, 0.15) is 17.2 Å². The lowest BCUT2D eigenvalue weighted by molar-refractivity contribution is 0.0768. The molecule has 0 saturated carbocycles. The maximum atomic E-state index is 5.44. The van der Waals surface area contributed by atoms with Crippen LogP contribution in [-0.2, 0) is 4.74 Å². The Hall–Kier alpha value is -1.06. The van der Waals surface area contributed by atoms with Gasteiger partial charge in [0.25, 0.3) is 0 Å². The Morgan fingerprint density at radius 1 is 1.47 bits per heavy atom. The molecule has 1 aliphatic rings. The zero-order valence-corrected chi connectivity index (χ0v) is 9.25. The van der Waals surface area contributed by atoms with Gasteiger partial charge >= 0.3 is 0 Å². The maximum Gasteiger partial charge on any atom is 0.122 e. The molecule has 0 amide bonds. The topological polar surface area (TPSA) is 30.5 Å². The first-order chi connectivity index (χ1) is 7.31. The van der Waals surface area contributed by atoms with Crippen molar-refractivity contribution in [3.63, 3.8) is 0 Å². The molecule has 1 unspecified atom stereocenters. The van der Waals surface area contributed by atoms with E-state index >= 15 is 0 Å². The minimum absolute atomic E-state index is 0.299. The third-order valence-electron chi connectivity index (χ3n) is 2.76. The number of aryl methyl sites for hydroxylation is 1. The van der Waals surface area contributed by atoms with Crippen molar-refractivity contribution >= 4 is 0 Å². The summed E-state index contributed by atoms with van der Waals surface area (Å²) >= 11 is 0. The Morgan fingerprint density at radius 3 is 3.00 bits per heavy atom. The third kappa shape index (κ3) is 2.30. The molecular formula is C12H17NO2. The van der Waals surface area contributed by atoms with Gasteiger partial charge in [-0.25, -0.2) is 0 Å². The summed E-state index contributed by atoms with van der Waals surface area (Å²) in [5.74, 6) is 0.944. The molecule has 0 radical (unpaired) electrons. The van der Waals surface area contributed by atoms with Crippen molar-refractivity contribution in [1.82, 2.24) is 5.32 Å². The first kappa shape index (κ1) is 10.5. The summed E-state index contributed by atoms with van der Waals surface area (Å²) in [7, 11) is 1.71. The Bertz CT molecular complexity index is 332. The normalized spacial score (nSPS) is 21.3. The number of morpholine rings is 1. The molecule has 1 atom stereocenters. The quantitative estimate of drug-likeness (QED) is 0.800. The molecule has 0 spiro atoms. The van der Waals surface area contributed by atoms with Crippen LogP contribution in [0.5, 0.6) is 5.75 Å². The lowest BCUT2D eigenvalue weighted by atomic mass is 10.0. The average Bonchev–Trinajstić information content (AvgIpc) is 2.31. The lowest BCUT2D eigenvalue weighted by Crippen LogP contribution is -2.34. The molecule has 1 fully saturated rings. The zero-order chi connectivity index (χ0) is 10.7. The molecule has 15 heavy (non-hydrogen) atoms. The first-order valence-electron chi connectivity index (χ1n) is 5.27. The fourth-order valence-corrected chi connectivity index (χ4v) is 1.83. The van der Waals surface area contributed by atoms with E-state index in [0.29, 0.717) is 6.04 Å². The molecule has 0 aliphatic carbocycles. The number of rotatable bonds is 2. The Balaban J connectivity index is 2.20. The predicted octanol–water partition coefficient (Wildman–Crippen LogP) is 1.66. The van der Waals surface area contributed by atoms with E-state index in [0.717, 1.165) is 31.1 Å². The lowest BCUT2D eigenvalue weighted by Gasteiger charge is -2.24. The van der Waals surface area contributed by atoms with E-state index in [-0.39, 0.29) is 0 Å². The molecule has 1 saturated heterocycles. The number of ether oxygens (including phenoxy) is 2. The van der Waals surface area contributed by atoms with Gasteiger partial charge in [-0.3, -0.25) is 0 Å². The van der Waals surface area contributed by atoms with Gasteiger partial charge in [-0.1, -0.05) is 12.1 Å². The highest BCUT2D eigenvalue weighted by Crippen LogP contribution is 2.24. The standard InChI is InChI=1S/C12H17NO2/c1-9-3-4-10(7-12(9)14-2)11-8-15-6-5-13-11/h3-4,7,11,13H,5-6,8H2,1-2H3. The molecule has 82 valence electrons. The van der Waals surface area contributed by atoms with E-state index in [4.69, 9.17) is 9.47 Å². The van der Waals surface area contributed by atoms with E-state index in [1.807, 2.05) is 6.92 Å². The summed E-state index contributed by atoms with van der Waals surface area (Å²) in [6.45, 7) is 4.51. The number of nitrogens with one attached hydrogen (secondary N) is 1. The predicted molar refractivity (Wildman–Crippen MR) is 59.3 cm³/mol. The molecule has 2 rings (SSSR count). The number of hydrogen-bond acceptors (Lipinski definition) is 3. The molecule has 1 aromatic carbocycles. The molecule has 1 heterocycles. The second-order valence-corrected chi connectivity index (χ2v) is 3.81. The van der Waals surface area contributed by atoms with Gasteiger partial charge in [0.1, 0.15) is 5.75 Å². The highest BCUT2D eigenvalue weighted by atomic mass is 16.5. The van der Waals surface area contributed by atoms with Crippen LogP contribution in [0, 0.1) is 6.92 Å². The SMILES string of the molecule is COc1cc(C2COCCN2)ccc1C.